The van der Waals surface area contributed by atoms with E-state index in [2.05, 4.69) is 4.98 Å². The molecule has 8 nitrogen and oxygen atoms in total. The van der Waals surface area contributed by atoms with Crippen molar-refractivity contribution >= 4 is 11.8 Å². The van der Waals surface area contributed by atoms with Crippen LogP contribution in [0.5, 0.6) is 0 Å². The molecular formula is C17H24N4O4. The fourth-order valence-corrected chi connectivity index (χ4v) is 3.76. The van der Waals surface area contributed by atoms with Crippen LogP contribution in [0.1, 0.15) is 31.7 Å². The molecule has 3 aliphatic rings. The van der Waals surface area contributed by atoms with E-state index in [1.54, 1.807) is 11.8 Å². The normalized spacial score (nSPS) is 23.0. The van der Waals surface area contributed by atoms with Gasteiger partial charge >= 0.3 is 5.69 Å². The first-order valence-electron chi connectivity index (χ1n) is 8.79. The summed E-state index contributed by atoms with van der Waals surface area (Å²) < 4.78 is 1.22. The lowest BCUT2D eigenvalue weighted by molar-refractivity contribution is -0.139. The molecule has 3 aliphatic heterocycles. The number of hydrogen-bond acceptors (Lipinski definition) is 4. The fraction of sp³-hybridized carbons (Fsp3) is 0.647. The van der Waals surface area contributed by atoms with Crippen molar-refractivity contribution in [3.8, 4) is 0 Å². The highest BCUT2D eigenvalue weighted by Crippen LogP contribution is 2.29. The van der Waals surface area contributed by atoms with Crippen LogP contribution in [0.15, 0.2) is 15.8 Å². The first-order valence-corrected chi connectivity index (χ1v) is 8.79. The van der Waals surface area contributed by atoms with Gasteiger partial charge in [-0.2, -0.15) is 0 Å². The van der Waals surface area contributed by atoms with Crippen LogP contribution in [0.4, 0.5) is 0 Å². The molecule has 1 aromatic heterocycles. The molecule has 3 fully saturated rings. The number of amides is 2. The van der Waals surface area contributed by atoms with Crippen molar-refractivity contribution in [1.82, 2.24) is 19.4 Å². The summed E-state index contributed by atoms with van der Waals surface area (Å²) in [4.78, 5) is 54.4. The third kappa shape index (κ3) is 3.38. The molecule has 0 aliphatic carbocycles. The van der Waals surface area contributed by atoms with Gasteiger partial charge in [-0.1, -0.05) is 6.92 Å². The highest BCUT2D eigenvalue weighted by atomic mass is 16.2. The Labute approximate surface area is 145 Å². The molecule has 0 unspecified atom stereocenters. The van der Waals surface area contributed by atoms with Crippen molar-refractivity contribution in [2.45, 2.75) is 45.7 Å². The van der Waals surface area contributed by atoms with E-state index in [9.17, 15) is 19.2 Å². The molecule has 25 heavy (non-hydrogen) atoms. The lowest BCUT2D eigenvalue weighted by atomic mass is 9.94. The van der Waals surface area contributed by atoms with Crippen LogP contribution in [0, 0.1) is 12.8 Å². The predicted molar refractivity (Wildman–Crippen MR) is 91.2 cm³/mol. The molecule has 0 saturated carbocycles. The Morgan fingerprint density at radius 3 is 2.72 bits per heavy atom. The Hall–Kier alpha value is -2.38. The molecule has 0 aromatic carbocycles. The number of fused-ring (bicyclic) bond motifs is 4. The molecule has 1 aromatic rings. The topological polar surface area (TPSA) is 95.5 Å². The van der Waals surface area contributed by atoms with Gasteiger partial charge < -0.3 is 9.80 Å². The van der Waals surface area contributed by atoms with Gasteiger partial charge in [-0.25, -0.2) is 4.79 Å². The number of rotatable bonds is 4. The molecule has 1 N–H and O–H groups in total. The van der Waals surface area contributed by atoms with E-state index in [1.807, 2.05) is 11.8 Å². The quantitative estimate of drug-likeness (QED) is 0.808. The van der Waals surface area contributed by atoms with Gasteiger partial charge in [-0.3, -0.25) is 23.9 Å². The van der Waals surface area contributed by atoms with E-state index in [-0.39, 0.29) is 30.3 Å². The smallest absolute Gasteiger partial charge is 0.328 e. The Bertz CT molecular complexity index is 797. The summed E-state index contributed by atoms with van der Waals surface area (Å²) in [7, 11) is 0. The number of hydrogen-bond donors (Lipinski definition) is 1. The predicted octanol–water partition coefficient (Wildman–Crippen LogP) is -0.296. The monoisotopic (exact) mass is 348 g/mol. The third-order valence-corrected chi connectivity index (χ3v) is 5.11. The highest BCUT2D eigenvalue weighted by molar-refractivity contribution is 5.83. The van der Waals surface area contributed by atoms with E-state index in [0.29, 0.717) is 18.7 Å². The van der Waals surface area contributed by atoms with Crippen LogP contribution >= 0.6 is 0 Å². The van der Waals surface area contributed by atoms with Crippen molar-refractivity contribution in [2.24, 2.45) is 5.92 Å². The second kappa shape index (κ2) is 6.85. The van der Waals surface area contributed by atoms with Crippen LogP contribution in [0.2, 0.25) is 0 Å². The van der Waals surface area contributed by atoms with Gasteiger partial charge in [-0.05, 0) is 26.2 Å². The maximum atomic E-state index is 12.7. The van der Waals surface area contributed by atoms with Gasteiger partial charge in [0.2, 0.25) is 11.8 Å². The molecule has 3 saturated heterocycles. The number of aryl methyl sites for hydroxylation is 1. The van der Waals surface area contributed by atoms with Crippen LogP contribution in [-0.2, 0) is 16.1 Å². The van der Waals surface area contributed by atoms with Gasteiger partial charge in [0, 0.05) is 37.4 Å². The first-order chi connectivity index (χ1) is 11.9. The Kier molecular flexibility index (Phi) is 4.78. The second-order valence-electron chi connectivity index (χ2n) is 6.96. The zero-order valence-corrected chi connectivity index (χ0v) is 14.7. The Balaban J connectivity index is 1.78. The van der Waals surface area contributed by atoms with Gasteiger partial charge in [0.25, 0.3) is 5.56 Å². The SMILES string of the molecule is CCCN1C(=O)[C@H]2CC[C@@H]1CN(C(=O)Cn1cc(C)c(=O)[nH]c1=O)C2. The minimum absolute atomic E-state index is 0.0594. The number of piperidine rings is 1. The molecule has 2 bridgehead atoms. The van der Waals surface area contributed by atoms with Crippen LogP contribution in [0.3, 0.4) is 0 Å². The lowest BCUT2D eigenvalue weighted by Crippen LogP contribution is -2.48. The summed E-state index contributed by atoms with van der Waals surface area (Å²) >= 11 is 0. The first kappa shape index (κ1) is 17.4. The van der Waals surface area contributed by atoms with Crippen molar-refractivity contribution < 1.29 is 9.59 Å². The van der Waals surface area contributed by atoms with Gasteiger partial charge in [-0.15, -0.1) is 0 Å². The van der Waals surface area contributed by atoms with Gasteiger partial charge in [0.1, 0.15) is 6.54 Å². The maximum Gasteiger partial charge on any atom is 0.328 e. The van der Waals surface area contributed by atoms with E-state index in [0.717, 1.165) is 25.8 Å². The number of nitrogens with one attached hydrogen (secondary N) is 1. The summed E-state index contributed by atoms with van der Waals surface area (Å²) in [6, 6.07) is 0.0594. The van der Waals surface area contributed by atoms with Crippen LogP contribution in [0.25, 0.3) is 0 Å². The molecular weight excluding hydrogens is 324 g/mol. The van der Waals surface area contributed by atoms with Crippen LogP contribution in [-0.4, -0.2) is 56.8 Å². The second-order valence-corrected chi connectivity index (χ2v) is 6.96. The minimum Gasteiger partial charge on any atom is -0.338 e. The van der Waals surface area contributed by atoms with E-state index in [1.165, 1.54) is 10.8 Å². The molecule has 4 rings (SSSR count). The number of aromatic nitrogens is 2. The largest absolute Gasteiger partial charge is 0.338 e. The Morgan fingerprint density at radius 2 is 2.00 bits per heavy atom. The average molecular weight is 348 g/mol. The molecule has 2 atom stereocenters. The molecule has 136 valence electrons. The molecule has 4 heterocycles. The van der Waals surface area contributed by atoms with Crippen molar-refractivity contribution in [2.75, 3.05) is 19.6 Å². The number of carbonyl (C=O) groups excluding carboxylic acids is 2. The standard InChI is InChI=1S/C17H24N4O4/c1-3-6-21-13-5-4-12(16(21)24)8-19(9-13)14(22)10-20-7-11(2)15(23)18-17(20)25/h7,12-13H,3-6,8-10H2,1-2H3,(H,18,23,25)/t12-,13+/m0/s1. The third-order valence-electron chi connectivity index (χ3n) is 5.11. The number of carbonyl (C=O) groups is 2. The number of H-pyrrole nitrogens is 1. The van der Waals surface area contributed by atoms with Gasteiger partial charge in [0.15, 0.2) is 0 Å². The number of nitrogens with zero attached hydrogens (tertiary/aromatic N) is 3. The molecule has 8 heteroatoms. The van der Waals surface area contributed by atoms with Crippen molar-refractivity contribution in [1.29, 1.82) is 0 Å². The van der Waals surface area contributed by atoms with E-state index in [4.69, 9.17) is 0 Å². The molecule has 0 spiro atoms. The van der Waals surface area contributed by atoms with E-state index >= 15 is 0 Å². The fourth-order valence-electron chi connectivity index (χ4n) is 3.76. The van der Waals surface area contributed by atoms with E-state index < -0.39 is 11.2 Å². The zero-order valence-electron chi connectivity index (χ0n) is 14.7. The van der Waals surface area contributed by atoms with Crippen LogP contribution < -0.4 is 11.2 Å². The number of aromatic amines is 1. The molecule has 0 radical (unpaired) electrons. The highest BCUT2D eigenvalue weighted by Gasteiger charge is 2.41. The lowest BCUT2D eigenvalue weighted by Gasteiger charge is -2.35. The van der Waals surface area contributed by atoms with Gasteiger partial charge in [0.05, 0.1) is 5.92 Å². The summed E-state index contributed by atoms with van der Waals surface area (Å²) in [5.41, 5.74) is -0.652. The summed E-state index contributed by atoms with van der Waals surface area (Å²) in [5, 5.41) is 0. The summed E-state index contributed by atoms with van der Waals surface area (Å²) in [6.45, 7) is 5.15. The Morgan fingerprint density at radius 1 is 1.24 bits per heavy atom. The summed E-state index contributed by atoms with van der Waals surface area (Å²) in [6.07, 6.45) is 4.03. The van der Waals surface area contributed by atoms with Crippen molar-refractivity contribution in [3.05, 3.63) is 32.6 Å². The zero-order chi connectivity index (χ0) is 18.1. The maximum absolute atomic E-state index is 12.7. The minimum atomic E-state index is -0.592. The summed E-state index contributed by atoms with van der Waals surface area (Å²) in [5.74, 6) is -0.203. The van der Waals surface area contributed by atoms with Crippen molar-refractivity contribution in [3.63, 3.8) is 0 Å². The average Bonchev–Trinajstić information content (AvgIpc) is 2.86. The molecule has 2 amide bonds.